The highest BCUT2D eigenvalue weighted by Crippen LogP contribution is 2.29. The lowest BCUT2D eigenvalue weighted by Crippen LogP contribution is -2.11. The van der Waals surface area contributed by atoms with Crippen molar-refractivity contribution in [1.29, 1.82) is 5.41 Å². The van der Waals surface area contributed by atoms with E-state index in [1.54, 1.807) is 36.3 Å². The Morgan fingerprint density at radius 1 is 1.48 bits per heavy atom. The predicted molar refractivity (Wildman–Crippen MR) is 127 cm³/mol. The Kier molecular flexibility index (Phi) is 9.09. The van der Waals surface area contributed by atoms with Crippen molar-refractivity contribution in [1.82, 2.24) is 9.78 Å². The van der Waals surface area contributed by atoms with Gasteiger partial charge in [-0.15, -0.1) is 0 Å². The van der Waals surface area contributed by atoms with Crippen LogP contribution in [0.25, 0.3) is 5.70 Å². The number of benzene rings is 1. The average molecular weight is 573 g/mol. The summed E-state index contributed by atoms with van der Waals surface area (Å²) in [7, 11) is 0. The minimum atomic E-state index is -1.13. The number of halogens is 4. The first-order chi connectivity index (χ1) is 13.9. The Hall–Kier alpha value is -1.94. The lowest BCUT2D eigenvalue weighted by Gasteiger charge is -2.17. The van der Waals surface area contributed by atoms with Crippen LogP contribution in [-0.4, -0.2) is 26.4 Å². The van der Waals surface area contributed by atoms with E-state index in [-0.39, 0.29) is 12.5 Å². The molecule has 0 saturated carbocycles. The van der Waals surface area contributed by atoms with Crippen molar-refractivity contribution in [2.75, 3.05) is 6.67 Å². The van der Waals surface area contributed by atoms with E-state index in [0.29, 0.717) is 20.6 Å². The molecule has 8 heteroatoms. The van der Waals surface area contributed by atoms with Crippen LogP contribution < -0.4 is 0 Å². The van der Waals surface area contributed by atoms with Crippen molar-refractivity contribution in [3.8, 4) is 0 Å². The number of rotatable bonds is 9. The van der Waals surface area contributed by atoms with Gasteiger partial charge < -0.3 is 0 Å². The number of aromatic nitrogens is 2. The van der Waals surface area contributed by atoms with Gasteiger partial charge in [0.05, 0.1) is 17.9 Å². The fourth-order valence-corrected chi connectivity index (χ4v) is 3.65. The standard InChI is InChI=1S/C21H20BrF2IN4/c1-3-18(21(25)26)20(27-4-2)15-12-28-29(13-15)19(9-8-17(24)11-23)14-6-5-7-16(22)10-14/h3-8,10,12-13,19,26H,1,9,11H2,2H3/b17-8+,20-18-,26-21?,27-4?. The van der Waals surface area contributed by atoms with E-state index in [0.717, 1.165) is 10.0 Å². The molecular formula is C21H20BrF2IN4. The number of hydrogen-bond donors (Lipinski definition) is 1. The Bertz CT molecular complexity index is 979. The van der Waals surface area contributed by atoms with Crippen LogP contribution in [0.2, 0.25) is 0 Å². The zero-order chi connectivity index (χ0) is 21.4. The quantitative estimate of drug-likeness (QED) is 0.199. The number of aliphatic imine (C=N–C) groups is 1. The molecule has 1 aromatic heterocycles. The van der Waals surface area contributed by atoms with Gasteiger partial charge in [-0.2, -0.15) is 5.10 Å². The molecule has 4 nitrogen and oxygen atoms in total. The number of alkyl halides is 1. The summed E-state index contributed by atoms with van der Waals surface area (Å²) >= 11 is 5.36. The molecule has 0 amide bonds. The number of allylic oxidation sites excluding steroid dienone is 4. The van der Waals surface area contributed by atoms with Crippen LogP contribution in [0.5, 0.6) is 0 Å². The largest absolute Gasteiger partial charge is 0.294 e. The third-order valence-corrected chi connectivity index (χ3v) is 5.15. The molecule has 1 atom stereocenters. The summed E-state index contributed by atoms with van der Waals surface area (Å²) in [4.78, 5) is 4.39. The summed E-state index contributed by atoms with van der Waals surface area (Å²) in [6, 6.07) is 7.27. The average Bonchev–Trinajstić information content (AvgIpc) is 3.17. The third kappa shape index (κ3) is 6.27. The highest BCUT2D eigenvalue weighted by atomic mass is 127. The molecule has 1 heterocycles. The lowest BCUT2D eigenvalue weighted by molar-refractivity contribution is 0.450. The second-order valence-corrected chi connectivity index (χ2v) is 7.96. The summed E-state index contributed by atoms with van der Waals surface area (Å²) in [6.07, 6.45) is 8.13. The van der Waals surface area contributed by atoms with Crippen molar-refractivity contribution < 1.29 is 8.78 Å². The topological polar surface area (TPSA) is 54.0 Å². The number of nitrogens with one attached hydrogen (secondary N) is 1. The van der Waals surface area contributed by atoms with Crippen molar-refractivity contribution >= 4 is 54.2 Å². The Morgan fingerprint density at radius 2 is 2.24 bits per heavy atom. The van der Waals surface area contributed by atoms with Gasteiger partial charge in [-0.3, -0.25) is 15.1 Å². The van der Waals surface area contributed by atoms with Gasteiger partial charge in [0.1, 0.15) is 16.2 Å². The molecule has 0 aliphatic rings. The van der Waals surface area contributed by atoms with Gasteiger partial charge in [0.15, 0.2) is 0 Å². The van der Waals surface area contributed by atoms with Gasteiger partial charge in [-0.05, 0) is 59.7 Å². The van der Waals surface area contributed by atoms with Gasteiger partial charge in [0.25, 0.3) is 0 Å². The Balaban J connectivity index is 2.55. The molecule has 152 valence electrons. The molecule has 2 rings (SSSR count). The van der Waals surface area contributed by atoms with Gasteiger partial charge in [0.2, 0.25) is 0 Å². The van der Waals surface area contributed by atoms with E-state index in [2.05, 4.69) is 32.6 Å². The van der Waals surface area contributed by atoms with Gasteiger partial charge in [0, 0.05) is 28.0 Å². The third-order valence-electron chi connectivity index (χ3n) is 4.07. The molecule has 0 aliphatic heterocycles. The van der Waals surface area contributed by atoms with E-state index in [4.69, 9.17) is 5.41 Å². The van der Waals surface area contributed by atoms with Crippen LogP contribution in [0.1, 0.15) is 30.5 Å². The smallest absolute Gasteiger partial charge is 0.141 e. The first kappa shape index (κ1) is 23.3. The summed E-state index contributed by atoms with van der Waals surface area (Å²) in [5.74, 6) is -0.805. The molecule has 0 spiro atoms. The summed E-state index contributed by atoms with van der Waals surface area (Å²) in [5, 5.41) is 12.4. The molecule has 1 unspecified atom stereocenters. The predicted octanol–water partition coefficient (Wildman–Crippen LogP) is 6.85. The molecule has 1 aromatic carbocycles. The van der Waals surface area contributed by atoms with Crippen LogP contribution in [-0.2, 0) is 0 Å². The van der Waals surface area contributed by atoms with Gasteiger partial charge >= 0.3 is 0 Å². The highest BCUT2D eigenvalue weighted by molar-refractivity contribution is 14.1. The van der Waals surface area contributed by atoms with Crippen molar-refractivity contribution in [3.05, 3.63) is 82.4 Å². The second kappa shape index (κ2) is 11.3. The van der Waals surface area contributed by atoms with Crippen LogP contribution in [0.15, 0.2) is 76.3 Å². The molecule has 0 aliphatic carbocycles. The van der Waals surface area contributed by atoms with Crippen LogP contribution in [0, 0.1) is 5.41 Å². The van der Waals surface area contributed by atoms with E-state index in [1.807, 2.05) is 46.9 Å². The normalized spacial score (nSPS) is 14.0. The van der Waals surface area contributed by atoms with Crippen molar-refractivity contribution in [2.24, 2.45) is 4.99 Å². The van der Waals surface area contributed by atoms with E-state index < -0.39 is 12.5 Å². The van der Waals surface area contributed by atoms with E-state index in [1.165, 1.54) is 6.08 Å². The molecule has 0 saturated heterocycles. The molecular weight excluding hydrogens is 553 g/mol. The van der Waals surface area contributed by atoms with E-state index in [9.17, 15) is 8.78 Å². The zero-order valence-corrected chi connectivity index (χ0v) is 19.5. The van der Waals surface area contributed by atoms with E-state index >= 15 is 0 Å². The Labute approximate surface area is 190 Å². The molecule has 1 N–H and O–H groups in total. The number of hydrogen-bond acceptors (Lipinski definition) is 3. The molecule has 0 radical (unpaired) electrons. The van der Waals surface area contributed by atoms with Crippen LogP contribution in [0.3, 0.4) is 0 Å². The fraction of sp³-hybridized carbons (Fsp3) is 0.190. The molecule has 2 aromatic rings. The molecule has 29 heavy (non-hydrogen) atoms. The molecule has 0 bridgehead atoms. The Morgan fingerprint density at radius 3 is 2.83 bits per heavy atom. The first-order valence-electron chi connectivity index (χ1n) is 8.71. The number of nitrogens with zero attached hydrogens (tertiary/aromatic N) is 3. The summed E-state index contributed by atoms with van der Waals surface area (Å²) in [6.45, 7) is 4.43. The van der Waals surface area contributed by atoms with Crippen LogP contribution in [0.4, 0.5) is 8.78 Å². The SMILES string of the molecule is C=C/C(C(=N)I)=C(/N=CC)c1cnn(C(C/C=C(/F)CF)c2cccc(Br)c2)c1. The van der Waals surface area contributed by atoms with Crippen LogP contribution >= 0.6 is 38.5 Å². The lowest BCUT2D eigenvalue weighted by atomic mass is 10.0. The minimum absolute atomic E-state index is 0.236. The van der Waals surface area contributed by atoms with Gasteiger partial charge in [-0.1, -0.05) is 40.7 Å². The maximum atomic E-state index is 13.5. The maximum Gasteiger partial charge on any atom is 0.141 e. The second-order valence-electron chi connectivity index (χ2n) is 5.97. The van der Waals surface area contributed by atoms with Crippen molar-refractivity contribution in [2.45, 2.75) is 19.4 Å². The first-order valence-corrected chi connectivity index (χ1v) is 10.6. The highest BCUT2D eigenvalue weighted by Gasteiger charge is 2.17. The van der Waals surface area contributed by atoms with Crippen molar-refractivity contribution in [3.63, 3.8) is 0 Å². The zero-order valence-electron chi connectivity index (χ0n) is 15.7. The fourth-order valence-electron chi connectivity index (χ4n) is 2.75. The molecule has 0 fully saturated rings. The van der Waals surface area contributed by atoms with Gasteiger partial charge in [-0.25, -0.2) is 8.78 Å². The maximum absolute atomic E-state index is 13.5. The minimum Gasteiger partial charge on any atom is -0.294 e. The summed E-state index contributed by atoms with van der Waals surface area (Å²) < 4.78 is 28.9. The summed E-state index contributed by atoms with van der Waals surface area (Å²) in [5.41, 5.74) is 2.76. The monoisotopic (exact) mass is 572 g/mol.